The third kappa shape index (κ3) is 1.93. The molecule has 3 heterocycles. The van der Waals surface area contributed by atoms with Gasteiger partial charge in [0.1, 0.15) is 0 Å². The van der Waals surface area contributed by atoms with Gasteiger partial charge in [-0.3, -0.25) is 4.79 Å². The van der Waals surface area contributed by atoms with E-state index in [1.54, 1.807) is 10.6 Å². The van der Waals surface area contributed by atoms with Crippen LogP contribution in [0.4, 0.5) is 0 Å². The van der Waals surface area contributed by atoms with Crippen molar-refractivity contribution in [2.45, 2.75) is 25.4 Å². The maximum Gasteiger partial charge on any atom is 0.290 e. The van der Waals surface area contributed by atoms with Crippen molar-refractivity contribution in [2.24, 2.45) is 0 Å². The fourth-order valence-electron chi connectivity index (χ4n) is 2.65. The second kappa shape index (κ2) is 4.31. The number of carbonyl (C=O) groups is 1. The molecule has 0 bridgehead atoms. The highest BCUT2D eigenvalue weighted by atomic mass is 35.5. The number of halogens is 1. The van der Waals surface area contributed by atoms with E-state index in [2.05, 4.69) is 4.98 Å². The summed E-state index contributed by atoms with van der Waals surface area (Å²) in [7, 11) is 0. The van der Waals surface area contributed by atoms with Crippen LogP contribution in [-0.4, -0.2) is 50.5 Å². The smallest absolute Gasteiger partial charge is 0.290 e. The average molecular weight is 255 g/mol. The van der Waals surface area contributed by atoms with Crippen LogP contribution in [-0.2, 0) is 6.54 Å². The van der Waals surface area contributed by atoms with Gasteiger partial charge in [-0.05, 0) is 24.6 Å². The molecule has 1 aromatic heterocycles. The van der Waals surface area contributed by atoms with Crippen LogP contribution in [0.2, 0.25) is 0 Å². The fraction of sp³-hybridized carbons (Fsp3) is 0.636. The Morgan fingerprint density at radius 1 is 1.35 bits per heavy atom. The van der Waals surface area contributed by atoms with Crippen LogP contribution < -0.4 is 0 Å². The topological polar surface area (TPSA) is 41.4 Å². The number of rotatable bonds is 1. The van der Waals surface area contributed by atoms with E-state index in [4.69, 9.17) is 11.8 Å². The molecule has 2 aliphatic rings. The molecule has 92 valence electrons. The Balaban J connectivity index is 1.79. The van der Waals surface area contributed by atoms with Gasteiger partial charge in [-0.15, -0.1) is 0 Å². The van der Waals surface area contributed by atoms with Crippen LogP contribution in [0.15, 0.2) is 12.4 Å². The number of aromatic nitrogens is 2. The summed E-state index contributed by atoms with van der Waals surface area (Å²) in [6.45, 7) is 3.26. The zero-order valence-electron chi connectivity index (χ0n) is 9.55. The Labute approximate surface area is 105 Å². The van der Waals surface area contributed by atoms with Crippen LogP contribution in [0.1, 0.15) is 23.5 Å². The van der Waals surface area contributed by atoms with Crippen LogP contribution in [0.25, 0.3) is 0 Å². The Bertz CT molecular complexity index is 433. The molecule has 0 aromatic carbocycles. The summed E-state index contributed by atoms with van der Waals surface area (Å²) >= 11 is 6.03. The highest BCUT2D eigenvalue weighted by Gasteiger charge is 2.33. The fourth-order valence-corrected chi connectivity index (χ4v) is 2.92. The summed E-state index contributed by atoms with van der Waals surface area (Å²) in [6.07, 6.45) is 5.63. The van der Waals surface area contributed by atoms with E-state index < -0.39 is 0 Å². The Morgan fingerprint density at radius 2 is 2.24 bits per heavy atom. The minimum atomic E-state index is 0.0400. The maximum absolute atomic E-state index is 12.3. The molecule has 1 atom stereocenters. The van der Waals surface area contributed by atoms with Gasteiger partial charge in [-0.2, -0.15) is 0 Å². The average Bonchev–Trinajstić information content (AvgIpc) is 2.78. The van der Waals surface area contributed by atoms with Crippen molar-refractivity contribution >= 4 is 17.7 Å². The van der Waals surface area contributed by atoms with E-state index in [1.165, 1.54) is 0 Å². The van der Waals surface area contributed by atoms with Crippen LogP contribution in [0.3, 0.4) is 0 Å². The zero-order valence-corrected chi connectivity index (χ0v) is 10.3. The molecular weight excluding hydrogens is 240 g/mol. The van der Waals surface area contributed by atoms with Crippen molar-refractivity contribution in [1.82, 2.24) is 18.9 Å². The van der Waals surface area contributed by atoms with E-state index >= 15 is 0 Å². The predicted molar refractivity (Wildman–Crippen MR) is 63.7 cm³/mol. The zero-order chi connectivity index (χ0) is 11.8. The molecule has 1 aromatic rings. The molecule has 6 heteroatoms. The summed E-state index contributed by atoms with van der Waals surface area (Å²) in [5, 5.41) is 0. The maximum atomic E-state index is 12.3. The van der Waals surface area contributed by atoms with Crippen LogP contribution in [0.5, 0.6) is 0 Å². The number of hydrogen-bond acceptors (Lipinski definition) is 3. The molecule has 5 nitrogen and oxygen atoms in total. The summed E-state index contributed by atoms with van der Waals surface area (Å²) in [5.74, 6) is 0.598. The number of carbonyl (C=O) groups excluding carboxylic acids is 1. The van der Waals surface area contributed by atoms with Gasteiger partial charge in [0.15, 0.2) is 5.82 Å². The Hall–Kier alpha value is -1.07. The molecule has 1 fully saturated rings. The van der Waals surface area contributed by atoms with E-state index in [-0.39, 0.29) is 11.9 Å². The molecule has 0 saturated carbocycles. The van der Waals surface area contributed by atoms with Gasteiger partial charge in [0, 0.05) is 44.6 Å². The van der Waals surface area contributed by atoms with Gasteiger partial charge >= 0.3 is 0 Å². The summed E-state index contributed by atoms with van der Waals surface area (Å²) in [6, 6.07) is 0.235. The number of amides is 1. The van der Waals surface area contributed by atoms with Gasteiger partial charge in [-0.1, -0.05) is 0 Å². The van der Waals surface area contributed by atoms with Crippen LogP contribution in [0, 0.1) is 0 Å². The monoisotopic (exact) mass is 254 g/mol. The molecular formula is C11H15ClN4O. The molecule has 2 aliphatic heterocycles. The lowest BCUT2D eigenvalue weighted by Crippen LogP contribution is -2.51. The van der Waals surface area contributed by atoms with Gasteiger partial charge in [0.05, 0.1) is 0 Å². The van der Waals surface area contributed by atoms with Crippen molar-refractivity contribution in [3.8, 4) is 0 Å². The highest BCUT2D eigenvalue weighted by molar-refractivity contribution is 6.13. The number of fused-ring (bicyclic) bond motifs is 1. The minimum absolute atomic E-state index is 0.0400. The van der Waals surface area contributed by atoms with Crippen LogP contribution >= 0.6 is 11.8 Å². The molecule has 0 aliphatic carbocycles. The largest absolute Gasteiger partial charge is 0.330 e. The molecule has 0 radical (unpaired) electrons. The lowest BCUT2D eigenvalue weighted by atomic mass is 10.0. The lowest BCUT2D eigenvalue weighted by molar-refractivity contribution is 0.0540. The number of nitrogens with zero attached hydrogens (tertiary/aromatic N) is 4. The van der Waals surface area contributed by atoms with Crippen molar-refractivity contribution in [3.05, 3.63) is 18.2 Å². The van der Waals surface area contributed by atoms with Gasteiger partial charge in [0.2, 0.25) is 0 Å². The summed E-state index contributed by atoms with van der Waals surface area (Å²) in [4.78, 5) is 18.3. The molecule has 0 N–H and O–H groups in total. The molecule has 0 unspecified atom stereocenters. The van der Waals surface area contributed by atoms with E-state index in [1.807, 2.05) is 15.7 Å². The number of imidazole rings is 1. The second-order valence-electron chi connectivity index (χ2n) is 4.61. The van der Waals surface area contributed by atoms with E-state index in [9.17, 15) is 4.79 Å². The van der Waals surface area contributed by atoms with E-state index in [0.29, 0.717) is 5.82 Å². The lowest BCUT2D eigenvalue weighted by Gasteiger charge is -2.38. The molecule has 1 amide bonds. The third-order valence-corrected chi connectivity index (χ3v) is 3.84. The predicted octanol–water partition coefficient (Wildman–Crippen LogP) is 0.957. The van der Waals surface area contributed by atoms with Crippen molar-refractivity contribution in [2.75, 3.05) is 19.6 Å². The summed E-state index contributed by atoms with van der Waals surface area (Å²) in [5.41, 5.74) is 0. The first-order valence-electron chi connectivity index (χ1n) is 5.98. The highest BCUT2D eigenvalue weighted by Crippen LogP contribution is 2.21. The number of piperidine rings is 1. The Kier molecular flexibility index (Phi) is 2.80. The second-order valence-corrected chi connectivity index (χ2v) is 5.09. The van der Waals surface area contributed by atoms with Crippen molar-refractivity contribution in [1.29, 1.82) is 0 Å². The third-order valence-electron chi connectivity index (χ3n) is 3.54. The first kappa shape index (κ1) is 11.0. The molecule has 17 heavy (non-hydrogen) atoms. The normalized spacial score (nSPS) is 26.1. The standard InChI is InChI=1S/C11H15ClN4O/c12-15-4-1-2-9(8-15)16-7-6-14-5-3-13-10(14)11(16)17/h3,5,9H,1-2,4,6-8H2/t9-/m1/s1. The Morgan fingerprint density at radius 3 is 3.06 bits per heavy atom. The molecule has 0 spiro atoms. The minimum Gasteiger partial charge on any atom is -0.330 e. The van der Waals surface area contributed by atoms with Gasteiger partial charge in [0.25, 0.3) is 5.91 Å². The van der Waals surface area contributed by atoms with E-state index in [0.717, 1.165) is 39.0 Å². The van der Waals surface area contributed by atoms with Crippen molar-refractivity contribution in [3.63, 3.8) is 0 Å². The quantitative estimate of drug-likeness (QED) is 0.701. The number of hydrogen-bond donors (Lipinski definition) is 0. The summed E-state index contributed by atoms with van der Waals surface area (Å²) < 4.78 is 3.70. The van der Waals surface area contributed by atoms with Crippen molar-refractivity contribution < 1.29 is 4.79 Å². The molecule has 3 rings (SSSR count). The van der Waals surface area contributed by atoms with Gasteiger partial charge < -0.3 is 9.47 Å². The first-order chi connectivity index (χ1) is 8.25. The first-order valence-corrected chi connectivity index (χ1v) is 6.32. The molecule has 1 saturated heterocycles. The SMILES string of the molecule is O=C1c2nccn2CCN1[C@@H]1CCCN(Cl)C1. The van der Waals surface area contributed by atoms with Gasteiger partial charge in [-0.25, -0.2) is 9.40 Å².